The number of hydrogen-bond acceptors (Lipinski definition) is 7. The minimum Gasteiger partial charge on any atom is -0.383 e. The molecule has 2 aliphatic rings. The molecule has 1 saturated heterocycles. The van der Waals surface area contributed by atoms with Crippen molar-refractivity contribution < 1.29 is 18.7 Å². The lowest BCUT2D eigenvalue weighted by Gasteiger charge is -2.21. The Balaban J connectivity index is 1.34. The molecule has 6 rings (SSSR count). The number of ether oxygens (including phenoxy) is 2. The van der Waals surface area contributed by atoms with Crippen LogP contribution < -0.4 is 10.6 Å². The highest BCUT2D eigenvalue weighted by Crippen LogP contribution is 2.36. The second-order valence-corrected chi connectivity index (χ2v) is 10.1. The topological polar surface area (TPSA) is 93.0 Å². The molecule has 0 radical (unpaired) electrons. The van der Waals surface area contributed by atoms with Crippen molar-refractivity contribution in [2.75, 3.05) is 45.8 Å². The third-order valence-electron chi connectivity index (χ3n) is 7.46. The lowest BCUT2D eigenvalue weighted by molar-refractivity contribution is 0.0966. The van der Waals surface area contributed by atoms with Gasteiger partial charge in [-0.05, 0) is 42.8 Å². The Morgan fingerprint density at radius 2 is 2.18 bits per heavy atom. The normalized spacial score (nSPS) is 16.7. The lowest BCUT2D eigenvalue weighted by atomic mass is 9.96. The minimum atomic E-state index is -0.343. The SMILES string of the molecule is COCCN(C)Cc1nc(Nc2ccc(-c3cnc4cc(F)ccn34)c3c2C(=O)NC3)ccc1C1CCOC1. The van der Waals surface area contributed by atoms with Gasteiger partial charge in [-0.2, -0.15) is 0 Å². The molecule has 0 bridgehead atoms. The monoisotopic (exact) mass is 530 g/mol. The van der Waals surface area contributed by atoms with Crippen molar-refractivity contribution in [2.24, 2.45) is 0 Å². The van der Waals surface area contributed by atoms with Crippen LogP contribution in [0.2, 0.25) is 0 Å². The summed E-state index contributed by atoms with van der Waals surface area (Å²) in [5.41, 5.74) is 6.51. The average molecular weight is 531 g/mol. The summed E-state index contributed by atoms with van der Waals surface area (Å²) in [5, 5.41) is 6.36. The van der Waals surface area contributed by atoms with Gasteiger partial charge in [0.25, 0.3) is 5.91 Å². The van der Waals surface area contributed by atoms with Crippen LogP contribution in [-0.4, -0.2) is 65.7 Å². The van der Waals surface area contributed by atoms with E-state index in [9.17, 15) is 9.18 Å². The van der Waals surface area contributed by atoms with Crippen LogP contribution in [0.5, 0.6) is 0 Å². The van der Waals surface area contributed by atoms with Crippen LogP contribution in [0.25, 0.3) is 16.9 Å². The molecule has 39 heavy (non-hydrogen) atoms. The van der Waals surface area contributed by atoms with E-state index in [1.54, 1.807) is 19.5 Å². The summed E-state index contributed by atoms with van der Waals surface area (Å²) < 4.78 is 26.4. The maximum atomic E-state index is 13.7. The number of pyridine rings is 2. The second-order valence-electron chi connectivity index (χ2n) is 10.1. The number of benzene rings is 1. The summed E-state index contributed by atoms with van der Waals surface area (Å²) in [4.78, 5) is 24.5. The molecule has 1 atom stereocenters. The summed E-state index contributed by atoms with van der Waals surface area (Å²) in [6.07, 6.45) is 4.34. The molecule has 5 heterocycles. The molecule has 1 aromatic carbocycles. The van der Waals surface area contributed by atoms with Gasteiger partial charge in [0, 0.05) is 57.1 Å². The van der Waals surface area contributed by atoms with Gasteiger partial charge in [0.2, 0.25) is 0 Å². The molecule has 0 aliphatic carbocycles. The van der Waals surface area contributed by atoms with Gasteiger partial charge in [-0.25, -0.2) is 14.4 Å². The highest BCUT2D eigenvalue weighted by molar-refractivity contribution is 6.06. The molecule has 1 unspecified atom stereocenters. The maximum Gasteiger partial charge on any atom is 0.254 e. The van der Waals surface area contributed by atoms with Crippen molar-refractivity contribution in [3.8, 4) is 11.3 Å². The second kappa shape index (κ2) is 10.7. The van der Waals surface area contributed by atoms with E-state index in [1.807, 2.05) is 22.6 Å². The van der Waals surface area contributed by atoms with Gasteiger partial charge in [-0.3, -0.25) is 14.1 Å². The molecule has 9 nitrogen and oxygen atoms in total. The number of rotatable bonds is 9. The first-order valence-corrected chi connectivity index (χ1v) is 13.1. The Labute approximate surface area is 226 Å². The van der Waals surface area contributed by atoms with Crippen molar-refractivity contribution in [2.45, 2.75) is 25.4 Å². The summed E-state index contributed by atoms with van der Waals surface area (Å²) in [6.45, 7) is 3.98. The van der Waals surface area contributed by atoms with E-state index in [1.165, 1.54) is 17.7 Å². The molecule has 202 valence electrons. The number of amides is 1. The average Bonchev–Trinajstić information content (AvgIpc) is 3.69. The molecule has 2 N–H and O–H groups in total. The Hall–Kier alpha value is -3.86. The molecular weight excluding hydrogens is 499 g/mol. The van der Waals surface area contributed by atoms with Crippen LogP contribution in [0, 0.1) is 5.82 Å². The smallest absolute Gasteiger partial charge is 0.254 e. The van der Waals surface area contributed by atoms with E-state index >= 15 is 0 Å². The number of aromatic nitrogens is 3. The minimum absolute atomic E-state index is 0.145. The van der Waals surface area contributed by atoms with Gasteiger partial charge in [-0.1, -0.05) is 12.1 Å². The van der Waals surface area contributed by atoms with Gasteiger partial charge >= 0.3 is 0 Å². The number of methoxy groups -OCH3 is 1. The fraction of sp³-hybridized carbons (Fsp3) is 0.345. The first-order chi connectivity index (χ1) is 19.0. The fourth-order valence-corrected chi connectivity index (χ4v) is 5.43. The van der Waals surface area contributed by atoms with E-state index in [2.05, 4.69) is 33.6 Å². The number of carbonyl (C=O) groups is 1. The zero-order valence-electron chi connectivity index (χ0n) is 22.0. The van der Waals surface area contributed by atoms with Gasteiger partial charge in [0.05, 0.1) is 42.0 Å². The van der Waals surface area contributed by atoms with Crippen LogP contribution >= 0.6 is 0 Å². The molecule has 0 saturated carbocycles. The first kappa shape index (κ1) is 25.4. The summed E-state index contributed by atoms with van der Waals surface area (Å²) >= 11 is 0. The molecule has 1 amide bonds. The number of nitrogens with zero attached hydrogens (tertiary/aromatic N) is 4. The molecule has 0 spiro atoms. The predicted octanol–water partition coefficient (Wildman–Crippen LogP) is 4.10. The summed E-state index contributed by atoms with van der Waals surface area (Å²) in [5.74, 6) is 0.511. The van der Waals surface area contributed by atoms with E-state index in [-0.39, 0.29) is 11.7 Å². The quantitative estimate of drug-likeness (QED) is 0.337. The van der Waals surface area contributed by atoms with Gasteiger partial charge in [0.1, 0.15) is 17.3 Å². The lowest BCUT2D eigenvalue weighted by Crippen LogP contribution is -2.24. The van der Waals surface area contributed by atoms with Crippen LogP contribution in [0.3, 0.4) is 0 Å². The number of halogens is 1. The zero-order chi connectivity index (χ0) is 26.9. The van der Waals surface area contributed by atoms with Gasteiger partial charge < -0.3 is 20.1 Å². The van der Waals surface area contributed by atoms with Crippen molar-refractivity contribution in [1.82, 2.24) is 24.6 Å². The van der Waals surface area contributed by atoms with Crippen molar-refractivity contribution in [3.63, 3.8) is 0 Å². The van der Waals surface area contributed by atoms with Crippen molar-refractivity contribution >= 4 is 23.1 Å². The predicted molar refractivity (Wildman–Crippen MR) is 146 cm³/mol. The third-order valence-corrected chi connectivity index (χ3v) is 7.46. The number of hydrogen-bond donors (Lipinski definition) is 2. The van der Waals surface area contributed by atoms with Crippen molar-refractivity contribution in [3.05, 3.63) is 77.0 Å². The molecule has 4 aromatic rings. The maximum absolute atomic E-state index is 13.7. The summed E-state index contributed by atoms with van der Waals surface area (Å²) in [6, 6.07) is 10.7. The standard InChI is InChI=1S/C29H31FN6O3/c1-35(10-12-38-2)16-24-20(18-8-11-39-17-18)4-6-26(34-24)33-23-5-3-21(22-14-32-29(37)28(22)23)25-15-31-27-13-19(30)7-9-36(25)27/h3-7,9,13,15,18H,8,10-12,14,16-17H2,1-2H3,(H,32,37)(H,33,34). The Morgan fingerprint density at radius 1 is 1.28 bits per heavy atom. The van der Waals surface area contributed by atoms with Crippen LogP contribution in [0.15, 0.2) is 48.8 Å². The molecule has 2 aliphatic heterocycles. The number of carbonyl (C=O) groups excluding carboxylic acids is 1. The Morgan fingerprint density at radius 3 is 3.00 bits per heavy atom. The number of likely N-dealkylation sites (N-methyl/N-ethyl adjacent to an activating group) is 1. The van der Waals surface area contributed by atoms with E-state index in [0.717, 1.165) is 42.1 Å². The highest BCUT2D eigenvalue weighted by Gasteiger charge is 2.28. The van der Waals surface area contributed by atoms with E-state index in [4.69, 9.17) is 14.5 Å². The van der Waals surface area contributed by atoms with Crippen LogP contribution in [0.1, 0.15) is 39.5 Å². The number of nitrogens with one attached hydrogen (secondary N) is 2. The summed E-state index contributed by atoms with van der Waals surface area (Å²) in [7, 11) is 3.76. The van der Waals surface area contributed by atoms with Crippen molar-refractivity contribution in [1.29, 1.82) is 0 Å². The first-order valence-electron chi connectivity index (χ1n) is 13.1. The van der Waals surface area contributed by atoms with Gasteiger partial charge in [0.15, 0.2) is 0 Å². The number of fused-ring (bicyclic) bond motifs is 2. The highest BCUT2D eigenvalue weighted by atomic mass is 19.1. The molecular formula is C29H31FN6O3. The number of imidazole rings is 1. The molecule has 3 aromatic heterocycles. The Bertz CT molecular complexity index is 1530. The largest absolute Gasteiger partial charge is 0.383 e. The van der Waals surface area contributed by atoms with Crippen LogP contribution in [0.4, 0.5) is 15.9 Å². The van der Waals surface area contributed by atoms with Gasteiger partial charge in [-0.15, -0.1) is 0 Å². The van der Waals surface area contributed by atoms with E-state index < -0.39 is 0 Å². The molecule has 10 heteroatoms. The third kappa shape index (κ3) is 4.98. The zero-order valence-corrected chi connectivity index (χ0v) is 22.0. The Kier molecular flexibility index (Phi) is 6.99. The van der Waals surface area contributed by atoms with Crippen LogP contribution in [-0.2, 0) is 22.6 Å². The molecule has 1 fully saturated rings. The van der Waals surface area contributed by atoms with E-state index in [0.29, 0.717) is 54.9 Å². The number of anilines is 2. The fourth-order valence-electron chi connectivity index (χ4n) is 5.43.